The van der Waals surface area contributed by atoms with Gasteiger partial charge >= 0.3 is 6.01 Å². The normalized spacial score (nSPS) is 10.7. The average Bonchev–Trinajstić information content (AvgIpc) is 2.32. The Kier molecular flexibility index (Phi) is 1.15. The molecular formula is C7H3F2NO. The van der Waals surface area contributed by atoms with Crippen LogP contribution in [-0.2, 0) is 0 Å². The molecule has 1 aromatic carbocycles. The molecule has 2 rings (SSSR count). The molecule has 0 aliphatic heterocycles. The van der Waals surface area contributed by atoms with E-state index < -0.39 is 11.8 Å². The van der Waals surface area contributed by atoms with E-state index >= 15 is 0 Å². The molecule has 1 aromatic heterocycles. The van der Waals surface area contributed by atoms with E-state index in [9.17, 15) is 8.78 Å². The number of benzene rings is 1. The van der Waals surface area contributed by atoms with Gasteiger partial charge < -0.3 is 4.52 Å². The third kappa shape index (κ3) is 0.869. The quantitative estimate of drug-likeness (QED) is 0.582. The molecule has 0 unspecified atom stereocenters. The van der Waals surface area contributed by atoms with Gasteiger partial charge in [-0.2, -0.15) is 4.39 Å². The van der Waals surface area contributed by atoms with Crippen molar-refractivity contribution in [2.75, 3.05) is 0 Å². The summed E-state index contributed by atoms with van der Waals surface area (Å²) in [7, 11) is 0. The molecule has 0 aliphatic rings. The molecule has 0 fully saturated rings. The van der Waals surface area contributed by atoms with Crippen LogP contribution in [0.4, 0.5) is 8.78 Å². The van der Waals surface area contributed by atoms with Gasteiger partial charge in [-0.05, 0) is 12.1 Å². The Morgan fingerprint density at radius 2 is 2.09 bits per heavy atom. The smallest absolute Gasteiger partial charge is 0.313 e. The molecule has 4 heteroatoms. The standard InChI is InChI=1S/C7H3F2NO/c8-4-1-2-5-6(3-4)10-11-7(5)9/h1-3H. The highest BCUT2D eigenvalue weighted by molar-refractivity contribution is 5.77. The zero-order chi connectivity index (χ0) is 7.84. The van der Waals surface area contributed by atoms with E-state index in [0.717, 1.165) is 12.1 Å². The van der Waals surface area contributed by atoms with Crippen molar-refractivity contribution in [2.24, 2.45) is 0 Å². The Morgan fingerprint density at radius 3 is 2.91 bits per heavy atom. The predicted molar refractivity (Wildman–Crippen MR) is 33.9 cm³/mol. The summed E-state index contributed by atoms with van der Waals surface area (Å²) in [5.74, 6) is -0.453. The van der Waals surface area contributed by atoms with Crippen molar-refractivity contribution in [3.05, 3.63) is 30.0 Å². The van der Waals surface area contributed by atoms with E-state index in [1.54, 1.807) is 0 Å². The SMILES string of the molecule is Fc1ccc2c(F)onc2c1. The molecule has 11 heavy (non-hydrogen) atoms. The second kappa shape index (κ2) is 2.02. The Bertz CT molecular complexity index is 396. The Hall–Kier alpha value is -1.45. The van der Waals surface area contributed by atoms with Crippen LogP contribution in [-0.4, -0.2) is 5.16 Å². The molecule has 0 amide bonds. The fourth-order valence-electron chi connectivity index (χ4n) is 0.885. The van der Waals surface area contributed by atoms with Crippen molar-refractivity contribution in [3.8, 4) is 0 Å². The first kappa shape index (κ1) is 6.27. The molecule has 0 N–H and O–H groups in total. The van der Waals surface area contributed by atoms with Crippen LogP contribution in [0.15, 0.2) is 22.7 Å². The summed E-state index contributed by atoms with van der Waals surface area (Å²) in [6.45, 7) is 0. The van der Waals surface area contributed by atoms with Crippen molar-refractivity contribution in [1.82, 2.24) is 5.16 Å². The molecule has 0 saturated heterocycles. The number of hydrogen-bond donors (Lipinski definition) is 0. The maximum absolute atomic E-state index is 12.5. The van der Waals surface area contributed by atoms with E-state index in [0.29, 0.717) is 0 Å². The van der Waals surface area contributed by atoms with Crippen LogP contribution in [0.5, 0.6) is 0 Å². The van der Waals surface area contributed by atoms with Gasteiger partial charge in [0.15, 0.2) is 0 Å². The predicted octanol–water partition coefficient (Wildman–Crippen LogP) is 2.11. The highest BCUT2D eigenvalue weighted by Crippen LogP contribution is 2.16. The highest BCUT2D eigenvalue weighted by atomic mass is 19.1. The van der Waals surface area contributed by atoms with Gasteiger partial charge in [0, 0.05) is 6.07 Å². The Labute approximate surface area is 60.4 Å². The fraction of sp³-hybridized carbons (Fsp3) is 0. The second-order valence-electron chi connectivity index (χ2n) is 2.12. The summed E-state index contributed by atoms with van der Waals surface area (Å²) < 4.78 is 29.2. The van der Waals surface area contributed by atoms with E-state index in [-0.39, 0.29) is 10.9 Å². The molecule has 56 valence electrons. The summed E-state index contributed by atoms with van der Waals surface area (Å²) in [5, 5.41) is 3.49. The topological polar surface area (TPSA) is 26.0 Å². The molecule has 2 nitrogen and oxygen atoms in total. The van der Waals surface area contributed by atoms with Crippen molar-refractivity contribution < 1.29 is 13.3 Å². The Morgan fingerprint density at radius 1 is 1.27 bits per heavy atom. The zero-order valence-electron chi connectivity index (χ0n) is 5.34. The van der Waals surface area contributed by atoms with Crippen LogP contribution in [0.25, 0.3) is 10.9 Å². The molecule has 0 bridgehead atoms. The molecule has 0 aliphatic carbocycles. The largest absolute Gasteiger partial charge is 0.325 e. The molecule has 0 spiro atoms. The number of hydrogen-bond acceptors (Lipinski definition) is 2. The van der Waals surface area contributed by atoms with E-state index in [1.165, 1.54) is 6.07 Å². The van der Waals surface area contributed by atoms with E-state index in [4.69, 9.17) is 0 Å². The van der Waals surface area contributed by atoms with Crippen LogP contribution in [0.2, 0.25) is 0 Å². The van der Waals surface area contributed by atoms with E-state index in [1.807, 2.05) is 0 Å². The van der Waals surface area contributed by atoms with Crippen LogP contribution >= 0.6 is 0 Å². The maximum Gasteiger partial charge on any atom is 0.313 e. The molecule has 2 aromatic rings. The molecule has 0 atom stereocenters. The van der Waals surface area contributed by atoms with Gasteiger partial charge in [-0.3, -0.25) is 0 Å². The summed E-state index contributed by atoms with van der Waals surface area (Å²) >= 11 is 0. The fourth-order valence-corrected chi connectivity index (χ4v) is 0.885. The number of rotatable bonds is 0. The van der Waals surface area contributed by atoms with Crippen molar-refractivity contribution in [2.45, 2.75) is 0 Å². The van der Waals surface area contributed by atoms with E-state index in [2.05, 4.69) is 9.68 Å². The van der Waals surface area contributed by atoms with Gasteiger partial charge in [0.1, 0.15) is 11.3 Å². The van der Waals surface area contributed by atoms with Crippen LogP contribution < -0.4 is 0 Å². The minimum atomic E-state index is -0.778. The first-order valence-corrected chi connectivity index (χ1v) is 2.98. The zero-order valence-corrected chi connectivity index (χ0v) is 5.34. The Balaban J connectivity index is 2.86. The van der Waals surface area contributed by atoms with Crippen LogP contribution in [0, 0.1) is 11.8 Å². The summed E-state index contributed by atoms with van der Waals surface area (Å²) in [6.07, 6.45) is 0. The monoisotopic (exact) mass is 155 g/mol. The molecule has 1 heterocycles. The lowest BCUT2D eigenvalue weighted by molar-refractivity contribution is 0.289. The van der Waals surface area contributed by atoms with Gasteiger partial charge in [-0.15, -0.1) is 0 Å². The van der Waals surface area contributed by atoms with Crippen molar-refractivity contribution in [3.63, 3.8) is 0 Å². The first-order valence-electron chi connectivity index (χ1n) is 2.98. The molecule has 0 saturated carbocycles. The van der Waals surface area contributed by atoms with Gasteiger partial charge in [-0.25, -0.2) is 4.39 Å². The molecular weight excluding hydrogens is 152 g/mol. The third-order valence-corrected chi connectivity index (χ3v) is 1.40. The minimum Gasteiger partial charge on any atom is -0.325 e. The van der Waals surface area contributed by atoms with Crippen LogP contribution in [0.3, 0.4) is 0 Å². The van der Waals surface area contributed by atoms with Crippen LogP contribution in [0.1, 0.15) is 0 Å². The summed E-state index contributed by atoms with van der Waals surface area (Å²) in [4.78, 5) is 0. The maximum atomic E-state index is 12.5. The summed E-state index contributed by atoms with van der Waals surface area (Å²) in [6, 6.07) is 2.78. The number of aromatic nitrogens is 1. The lowest BCUT2D eigenvalue weighted by Crippen LogP contribution is -1.73. The van der Waals surface area contributed by atoms with Gasteiger partial charge in [0.2, 0.25) is 0 Å². The second-order valence-corrected chi connectivity index (χ2v) is 2.12. The number of fused-ring (bicyclic) bond motifs is 1. The van der Waals surface area contributed by atoms with Crippen molar-refractivity contribution >= 4 is 10.9 Å². The average molecular weight is 155 g/mol. The lowest BCUT2D eigenvalue weighted by atomic mass is 10.2. The lowest BCUT2D eigenvalue weighted by Gasteiger charge is -1.84. The summed E-state index contributed by atoms with van der Waals surface area (Å²) in [5.41, 5.74) is 0.197. The highest BCUT2D eigenvalue weighted by Gasteiger charge is 2.06. The van der Waals surface area contributed by atoms with Gasteiger partial charge in [-0.1, -0.05) is 5.16 Å². The minimum absolute atomic E-state index is 0.197. The number of nitrogens with zero attached hydrogens (tertiary/aromatic N) is 1. The number of halogens is 2. The van der Waals surface area contributed by atoms with Crippen molar-refractivity contribution in [1.29, 1.82) is 0 Å². The van der Waals surface area contributed by atoms with Gasteiger partial charge in [0.05, 0.1) is 5.39 Å². The van der Waals surface area contributed by atoms with Gasteiger partial charge in [0.25, 0.3) is 0 Å². The third-order valence-electron chi connectivity index (χ3n) is 1.40. The first-order chi connectivity index (χ1) is 5.27. The molecule has 0 radical (unpaired) electrons.